The lowest BCUT2D eigenvalue weighted by atomic mass is 9.78. The van der Waals surface area contributed by atoms with Gasteiger partial charge in [0.25, 0.3) is 0 Å². The summed E-state index contributed by atoms with van der Waals surface area (Å²) in [7, 11) is 0. The van der Waals surface area contributed by atoms with Gasteiger partial charge in [-0.2, -0.15) is 0 Å². The molecule has 0 radical (unpaired) electrons. The second-order valence-corrected chi connectivity index (χ2v) is 4.90. The largest absolute Gasteiger partial charge is 0.384 e. The van der Waals surface area contributed by atoms with Crippen molar-refractivity contribution in [2.24, 2.45) is 5.92 Å². The molecule has 1 heterocycles. The van der Waals surface area contributed by atoms with Crippen molar-refractivity contribution in [3.8, 4) is 0 Å². The van der Waals surface area contributed by atoms with Crippen molar-refractivity contribution < 1.29 is 9.90 Å². The number of carbonyl (C=O) groups is 1. The monoisotopic (exact) mass is 247 g/mol. The van der Waals surface area contributed by atoms with E-state index >= 15 is 0 Å². The number of aliphatic hydroxyl groups is 1. The van der Waals surface area contributed by atoms with Crippen LogP contribution in [0.1, 0.15) is 32.3 Å². The molecule has 3 heteroatoms. The molecule has 0 unspecified atom stereocenters. The molecule has 3 nitrogen and oxygen atoms in total. The minimum atomic E-state index is -1.03. The van der Waals surface area contributed by atoms with Crippen LogP contribution in [0.15, 0.2) is 30.3 Å². The number of nitrogens with zero attached hydrogens (tertiary/aromatic N) is 1. The third kappa shape index (κ3) is 2.03. The van der Waals surface area contributed by atoms with E-state index in [0.717, 1.165) is 25.1 Å². The second kappa shape index (κ2) is 5.11. The molecular weight excluding hydrogens is 226 g/mol. The molecule has 1 amide bonds. The van der Waals surface area contributed by atoms with E-state index in [2.05, 4.69) is 0 Å². The van der Waals surface area contributed by atoms with E-state index in [9.17, 15) is 9.90 Å². The van der Waals surface area contributed by atoms with Gasteiger partial charge < -0.3 is 10.0 Å². The summed E-state index contributed by atoms with van der Waals surface area (Å²) >= 11 is 0. The predicted octanol–water partition coefficient (Wildman–Crippen LogP) is 2.15. The first-order valence-corrected chi connectivity index (χ1v) is 6.70. The van der Waals surface area contributed by atoms with Crippen molar-refractivity contribution in [2.75, 3.05) is 13.1 Å². The molecule has 1 aromatic rings. The Kier molecular flexibility index (Phi) is 3.71. The summed E-state index contributed by atoms with van der Waals surface area (Å²) in [6.45, 7) is 5.40. The average molecular weight is 247 g/mol. The Morgan fingerprint density at radius 2 is 2.00 bits per heavy atom. The van der Waals surface area contributed by atoms with Crippen LogP contribution in [-0.2, 0) is 10.4 Å². The first-order valence-electron chi connectivity index (χ1n) is 6.70. The number of benzene rings is 1. The first kappa shape index (κ1) is 13.1. The zero-order chi connectivity index (χ0) is 13.2. The number of likely N-dealkylation sites (tertiary alicyclic amines) is 1. The van der Waals surface area contributed by atoms with Crippen LogP contribution in [0, 0.1) is 5.92 Å². The van der Waals surface area contributed by atoms with Gasteiger partial charge in [-0.3, -0.25) is 4.79 Å². The number of rotatable bonds is 4. The highest BCUT2D eigenvalue weighted by atomic mass is 16.3. The average Bonchev–Trinajstić information content (AvgIpc) is 2.80. The fourth-order valence-electron chi connectivity index (χ4n) is 2.87. The van der Waals surface area contributed by atoms with E-state index in [0.29, 0.717) is 6.42 Å². The molecule has 98 valence electrons. The minimum Gasteiger partial charge on any atom is -0.384 e. The highest BCUT2D eigenvalue weighted by molar-refractivity contribution is 5.82. The van der Waals surface area contributed by atoms with Crippen LogP contribution < -0.4 is 0 Å². The number of hydrogen-bond acceptors (Lipinski definition) is 2. The third-order valence-corrected chi connectivity index (χ3v) is 4.07. The van der Waals surface area contributed by atoms with Crippen molar-refractivity contribution in [1.82, 2.24) is 4.90 Å². The molecule has 0 aromatic heterocycles. The van der Waals surface area contributed by atoms with Crippen molar-refractivity contribution in [1.29, 1.82) is 0 Å². The van der Waals surface area contributed by atoms with Crippen molar-refractivity contribution in [2.45, 2.75) is 32.3 Å². The highest BCUT2D eigenvalue weighted by Gasteiger charge is 2.46. The van der Waals surface area contributed by atoms with E-state index in [1.165, 1.54) is 0 Å². The van der Waals surface area contributed by atoms with E-state index in [1.807, 2.05) is 49.1 Å². The molecule has 18 heavy (non-hydrogen) atoms. The first-order chi connectivity index (χ1) is 8.63. The summed E-state index contributed by atoms with van der Waals surface area (Å²) in [6.07, 6.45) is 1.30. The normalized spacial score (nSPS) is 23.2. The van der Waals surface area contributed by atoms with Crippen LogP contribution in [0.3, 0.4) is 0 Å². The van der Waals surface area contributed by atoms with Gasteiger partial charge in [-0.25, -0.2) is 0 Å². The second-order valence-electron chi connectivity index (χ2n) is 4.90. The van der Waals surface area contributed by atoms with Gasteiger partial charge >= 0.3 is 0 Å². The quantitative estimate of drug-likeness (QED) is 0.885. The molecule has 1 N–H and O–H groups in total. The van der Waals surface area contributed by atoms with Gasteiger partial charge in [0.1, 0.15) is 5.60 Å². The zero-order valence-corrected chi connectivity index (χ0v) is 11.1. The highest BCUT2D eigenvalue weighted by Crippen LogP contribution is 2.39. The van der Waals surface area contributed by atoms with Gasteiger partial charge in [0.05, 0.1) is 5.92 Å². The number of carbonyl (C=O) groups excluding carboxylic acids is 1. The van der Waals surface area contributed by atoms with Gasteiger partial charge in [-0.05, 0) is 25.3 Å². The Labute approximate surface area is 108 Å². The molecule has 0 bridgehead atoms. The lowest BCUT2D eigenvalue weighted by molar-refractivity contribution is -0.139. The molecule has 1 aromatic carbocycles. The molecule has 1 aliphatic rings. The van der Waals surface area contributed by atoms with Crippen molar-refractivity contribution in [3.05, 3.63) is 35.9 Å². The van der Waals surface area contributed by atoms with E-state index in [1.54, 1.807) is 0 Å². The van der Waals surface area contributed by atoms with Crippen LogP contribution in [-0.4, -0.2) is 29.0 Å². The Balaban J connectivity index is 2.32. The maximum absolute atomic E-state index is 12.3. The SMILES string of the molecule is CCN1CC[C@H]([C@@](O)(CC)c2ccccc2)C1=O. The molecule has 0 saturated carbocycles. The summed E-state index contributed by atoms with van der Waals surface area (Å²) in [5.74, 6) is -0.212. The van der Waals surface area contributed by atoms with E-state index < -0.39 is 5.60 Å². The molecule has 0 spiro atoms. The fourth-order valence-corrected chi connectivity index (χ4v) is 2.87. The van der Waals surface area contributed by atoms with Crippen LogP contribution in [0.5, 0.6) is 0 Å². The Morgan fingerprint density at radius 1 is 1.33 bits per heavy atom. The van der Waals surface area contributed by atoms with Gasteiger partial charge in [0.2, 0.25) is 5.91 Å². The molecule has 1 aliphatic heterocycles. The number of amides is 1. The summed E-state index contributed by atoms with van der Waals surface area (Å²) in [5, 5.41) is 10.9. The van der Waals surface area contributed by atoms with Crippen LogP contribution in [0.4, 0.5) is 0 Å². The Bertz CT molecular complexity index is 418. The van der Waals surface area contributed by atoms with Crippen LogP contribution in [0.2, 0.25) is 0 Å². The predicted molar refractivity (Wildman–Crippen MR) is 71.0 cm³/mol. The molecule has 1 saturated heterocycles. The zero-order valence-electron chi connectivity index (χ0n) is 11.1. The molecular formula is C15H21NO2. The number of hydrogen-bond donors (Lipinski definition) is 1. The van der Waals surface area contributed by atoms with Gasteiger partial charge in [0, 0.05) is 13.1 Å². The summed E-state index contributed by atoms with van der Waals surface area (Å²) in [6, 6.07) is 9.56. The molecule has 2 rings (SSSR count). The lowest BCUT2D eigenvalue weighted by Crippen LogP contribution is -2.40. The topological polar surface area (TPSA) is 40.5 Å². The third-order valence-electron chi connectivity index (χ3n) is 4.07. The van der Waals surface area contributed by atoms with Gasteiger partial charge in [0.15, 0.2) is 0 Å². The Hall–Kier alpha value is -1.35. The summed E-state index contributed by atoms with van der Waals surface area (Å²) < 4.78 is 0. The summed E-state index contributed by atoms with van der Waals surface area (Å²) in [4.78, 5) is 14.1. The van der Waals surface area contributed by atoms with E-state index in [-0.39, 0.29) is 11.8 Å². The van der Waals surface area contributed by atoms with Crippen LogP contribution >= 0.6 is 0 Å². The maximum atomic E-state index is 12.3. The standard InChI is InChI=1S/C15H21NO2/c1-3-15(18,12-8-6-5-7-9-12)13-10-11-16(4-2)14(13)17/h5-9,13,18H,3-4,10-11H2,1-2H3/t13-,15+/m0/s1. The summed E-state index contributed by atoms with van der Waals surface area (Å²) in [5.41, 5.74) is -0.175. The van der Waals surface area contributed by atoms with Crippen molar-refractivity contribution in [3.63, 3.8) is 0 Å². The fraction of sp³-hybridized carbons (Fsp3) is 0.533. The van der Waals surface area contributed by atoms with Gasteiger partial charge in [-0.15, -0.1) is 0 Å². The maximum Gasteiger partial charge on any atom is 0.229 e. The Morgan fingerprint density at radius 3 is 2.50 bits per heavy atom. The molecule has 2 atom stereocenters. The van der Waals surface area contributed by atoms with Crippen molar-refractivity contribution >= 4 is 5.91 Å². The van der Waals surface area contributed by atoms with Gasteiger partial charge in [-0.1, -0.05) is 37.3 Å². The van der Waals surface area contributed by atoms with Crippen LogP contribution in [0.25, 0.3) is 0 Å². The molecule has 0 aliphatic carbocycles. The minimum absolute atomic E-state index is 0.0886. The lowest BCUT2D eigenvalue weighted by Gasteiger charge is -2.32. The van der Waals surface area contributed by atoms with E-state index in [4.69, 9.17) is 0 Å². The smallest absolute Gasteiger partial charge is 0.229 e. The molecule has 1 fully saturated rings.